The molecule has 0 radical (unpaired) electrons. The number of aromatic nitrogens is 2. The van der Waals surface area contributed by atoms with Gasteiger partial charge < -0.3 is 14.2 Å². The predicted molar refractivity (Wildman–Crippen MR) is 141 cm³/mol. The zero-order valence-corrected chi connectivity index (χ0v) is 19.8. The van der Waals surface area contributed by atoms with Gasteiger partial charge in [-0.25, -0.2) is 4.98 Å². The van der Waals surface area contributed by atoms with Crippen LogP contribution >= 0.6 is 0 Å². The lowest BCUT2D eigenvalue weighted by Gasteiger charge is -2.13. The van der Waals surface area contributed by atoms with Crippen LogP contribution in [0.2, 0.25) is 0 Å². The van der Waals surface area contributed by atoms with Crippen molar-refractivity contribution in [2.45, 2.75) is 0 Å². The van der Waals surface area contributed by atoms with E-state index in [-0.39, 0.29) is 0 Å². The molecule has 0 bridgehead atoms. The average Bonchev–Trinajstić information content (AvgIpc) is 3.34. The molecule has 0 amide bonds. The van der Waals surface area contributed by atoms with E-state index in [0.717, 1.165) is 67.1 Å². The van der Waals surface area contributed by atoms with E-state index >= 15 is 0 Å². The summed E-state index contributed by atoms with van der Waals surface area (Å²) in [6, 6.07) is 30.8. The molecular formula is C30H24N2O3. The van der Waals surface area contributed by atoms with Crippen LogP contribution in [0, 0.1) is 0 Å². The predicted octanol–water partition coefficient (Wildman–Crippen LogP) is 7.00. The molecule has 0 spiro atoms. The highest BCUT2D eigenvalue weighted by Crippen LogP contribution is 2.40. The molecule has 0 aliphatic rings. The van der Waals surface area contributed by atoms with Gasteiger partial charge in [0.1, 0.15) is 22.9 Å². The van der Waals surface area contributed by atoms with Gasteiger partial charge in [-0.3, -0.25) is 4.40 Å². The quantitative estimate of drug-likeness (QED) is 0.260. The molecule has 172 valence electrons. The standard InChI is InChI=1S/C30H24N2O3/c1-33-21-12-8-19(9-13-21)28-29(20-10-14-22(34-2)15-11-20)32-27-17-16-23(35-3)18-26(27)24-6-4-5-7-25(24)30(32)31-28/h4-18H,1-3H3. The van der Waals surface area contributed by atoms with E-state index in [2.05, 4.69) is 65.1 Å². The summed E-state index contributed by atoms with van der Waals surface area (Å²) < 4.78 is 18.6. The first-order valence-electron chi connectivity index (χ1n) is 11.4. The smallest absolute Gasteiger partial charge is 0.146 e. The van der Waals surface area contributed by atoms with E-state index in [9.17, 15) is 0 Å². The molecule has 2 heterocycles. The zero-order chi connectivity index (χ0) is 23.9. The third-order valence-electron chi connectivity index (χ3n) is 6.51. The molecule has 0 atom stereocenters. The van der Waals surface area contributed by atoms with Gasteiger partial charge >= 0.3 is 0 Å². The highest BCUT2D eigenvalue weighted by Gasteiger charge is 2.21. The number of ether oxygens (including phenoxy) is 3. The first-order valence-corrected chi connectivity index (χ1v) is 11.4. The number of methoxy groups -OCH3 is 3. The summed E-state index contributed by atoms with van der Waals surface area (Å²) in [6.07, 6.45) is 0. The Morgan fingerprint density at radius 2 is 1.14 bits per heavy atom. The normalized spacial score (nSPS) is 11.3. The molecular weight excluding hydrogens is 436 g/mol. The maximum absolute atomic E-state index is 5.57. The van der Waals surface area contributed by atoms with Gasteiger partial charge in [-0.1, -0.05) is 24.3 Å². The number of pyridine rings is 1. The van der Waals surface area contributed by atoms with Crippen molar-refractivity contribution >= 4 is 27.3 Å². The molecule has 0 saturated heterocycles. The van der Waals surface area contributed by atoms with Crippen LogP contribution in [0.1, 0.15) is 0 Å². The summed E-state index contributed by atoms with van der Waals surface area (Å²) in [5, 5.41) is 3.34. The topological polar surface area (TPSA) is 45.0 Å². The van der Waals surface area contributed by atoms with Crippen molar-refractivity contribution < 1.29 is 14.2 Å². The molecule has 0 saturated carbocycles. The van der Waals surface area contributed by atoms with E-state index in [1.165, 1.54) is 0 Å². The van der Waals surface area contributed by atoms with Crippen LogP contribution in [0.4, 0.5) is 0 Å². The zero-order valence-electron chi connectivity index (χ0n) is 19.8. The first kappa shape index (κ1) is 21.1. The SMILES string of the molecule is COc1ccc(-c2nc3c4ccccc4c4cc(OC)ccc4n3c2-c2ccc(OC)cc2)cc1. The molecule has 35 heavy (non-hydrogen) atoms. The van der Waals surface area contributed by atoms with Crippen LogP contribution in [0.25, 0.3) is 49.8 Å². The van der Waals surface area contributed by atoms with Crippen LogP contribution in [-0.2, 0) is 0 Å². The number of nitrogens with zero attached hydrogens (tertiary/aromatic N) is 2. The van der Waals surface area contributed by atoms with E-state index in [4.69, 9.17) is 19.2 Å². The molecule has 0 N–H and O–H groups in total. The third-order valence-corrected chi connectivity index (χ3v) is 6.51. The minimum atomic E-state index is 0.812. The Morgan fingerprint density at radius 3 is 1.77 bits per heavy atom. The van der Waals surface area contributed by atoms with Gasteiger partial charge in [0.2, 0.25) is 0 Å². The molecule has 4 aromatic carbocycles. The fourth-order valence-corrected chi connectivity index (χ4v) is 4.77. The summed E-state index contributed by atoms with van der Waals surface area (Å²) in [5.41, 5.74) is 5.98. The molecule has 6 rings (SSSR count). The molecule has 5 nitrogen and oxygen atoms in total. The average molecular weight is 461 g/mol. The number of hydrogen-bond donors (Lipinski definition) is 0. The summed E-state index contributed by atoms with van der Waals surface area (Å²) in [6.45, 7) is 0. The highest BCUT2D eigenvalue weighted by atomic mass is 16.5. The maximum Gasteiger partial charge on any atom is 0.146 e. The van der Waals surface area contributed by atoms with Crippen molar-refractivity contribution in [1.29, 1.82) is 0 Å². The molecule has 5 heteroatoms. The Balaban J connectivity index is 1.78. The van der Waals surface area contributed by atoms with E-state index in [0.29, 0.717) is 0 Å². The van der Waals surface area contributed by atoms with Crippen LogP contribution in [0.3, 0.4) is 0 Å². The summed E-state index contributed by atoms with van der Waals surface area (Å²) in [4.78, 5) is 5.24. The molecule has 0 aliphatic carbocycles. The Hall–Kier alpha value is -4.51. The van der Waals surface area contributed by atoms with Crippen molar-refractivity contribution in [1.82, 2.24) is 9.38 Å². The molecule has 2 aromatic heterocycles. The van der Waals surface area contributed by atoms with Gasteiger partial charge in [0.25, 0.3) is 0 Å². The molecule has 0 unspecified atom stereocenters. The van der Waals surface area contributed by atoms with E-state index in [1.807, 2.05) is 30.3 Å². The van der Waals surface area contributed by atoms with Crippen molar-refractivity contribution in [2.24, 2.45) is 0 Å². The monoisotopic (exact) mass is 460 g/mol. The summed E-state index contributed by atoms with van der Waals surface area (Å²) >= 11 is 0. The van der Waals surface area contributed by atoms with Gasteiger partial charge in [0.15, 0.2) is 0 Å². The summed E-state index contributed by atoms with van der Waals surface area (Å²) in [7, 11) is 5.05. The van der Waals surface area contributed by atoms with Crippen LogP contribution in [-0.4, -0.2) is 30.7 Å². The van der Waals surface area contributed by atoms with E-state index < -0.39 is 0 Å². The van der Waals surface area contributed by atoms with Gasteiger partial charge in [0, 0.05) is 21.9 Å². The second kappa shape index (κ2) is 8.37. The highest BCUT2D eigenvalue weighted by molar-refractivity contribution is 6.13. The maximum atomic E-state index is 5.57. The van der Waals surface area contributed by atoms with Crippen LogP contribution in [0.15, 0.2) is 91.0 Å². The number of rotatable bonds is 5. The number of benzene rings is 4. The van der Waals surface area contributed by atoms with Crippen LogP contribution in [0.5, 0.6) is 17.2 Å². The Bertz CT molecular complexity index is 1680. The van der Waals surface area contributed by atoms with Crippen molar-refractivity contribution in [3.63, 3.8) is 0 Å². The Kier molecular flexibility index (Phi) is 5.03. The Labute approximate surface area is 203 Å². The first-order chi connectivity index (χ1) is 17.2. The van der Waals surface area contributed by atoms with Gasteiger partial charge in [0.05, 0.1) is 38.2 Å². The summed E-state index contributed by atoms with van der Waals surface area (Å²) in [5.74, 6) is 2.45. The third kappa shape index (κ3) is 3.36. The minimum absolute atomic E-state index is 0.812. The number of fused-ring (bicyclic) bond motifs is 6. The Morgan fingerprint density at radius 1 is 0.571 bits per heavy atom. The minimum Gasteiger partial charge on any atom is -0.497 e. The van der Waals surface area contributed by atoms with Crippen molar-refractivity contribution in [3.05, 3.63) is 91.0 Å². The van der Waals surface area contributed by atoms with E-state index in [1.54, 1.807) is 21.3 Å². The van der Waals surface area contributed by atoms with Crippen LogP contribution < -0.4 is 14.2 Å². The second-order valence-corrected chi connectivity index (χ2v) is 8.35. The fourth-order valence-electron chi connectivity index (χ4n) is 4.77. The van der Waals surface area contributed by atoms with Crippen molar-refractivity contribution in [2.75, 3.05) is 21.3 Å². The van der Waals surface area contributed by atoms with Gasteiger partial charge in [-0.15, -0.1) is 0 Å². The molecule has 0 aliphatic heterocycles. The molecule has 6 aromatic rings. The van der Waals surface area contributed by atoms with Gasteiger partial charge in [-0.05, 0) is 72.1 Å². The lowest BCUT2D eigenvalue weighted by atomic mass is 10.0. The number of hydrogen-bond acceptors (Lipinski definition) is 4. The number of imidazole rings is 1. The molecule has 0 fully saturated rings. The second-order valence-electron chi connectivity index (χ2n) is 8.35. The van der Waals surface area contributed by atoms with Crippen molar-refractivity contribution in [3.8, 4) is 39.8 Å². The van der Waals surface area contributed by atoms with Gasteiger partial charge in [-0.2, -0.15) is 0 Å². The fraction of sp³-hybridized carbons (Fsp3) is 0.100. The lowest BCUT2D eigenvalue weighted by Crippen LogP contribution is -1.95. The largest absolute Gasteiger partial charge is 0.497 e. The lowest BCUT2D eigenvalue weighted by molar-refractivity contribution is 0.414.